The average molecular weight is 614 g/mol. The van der Waals surface area contributed by atoms with Crippen LogP contribution in [0.4, 0.5) is 40.7 Å². The van der Waals surface area contributed by atoms with E-state index >= 15 is 0 Å². The lowest BCUT2D eigenvalue weighted by Crippen LogP contribution is -2.31. The van der Waals surface area contributed by atoms with Gasteiger partial charge in [-0.05, 0) is 66.4 Å². The molecule has 0 saturated heterocycles. The molecule has 232 valence electrons. The summed E-state index contributed by atoms with van der Waals surface area (Å²) < 4.78 is 60.6. The molecule has 5 N–H and O–H groups in total. The summed E-state index contributed by atoms with van der Waals surface area (Å²) in [5, 5.41) is 15.6. The lowest BCUT2D eigenvalue weighted by molar-refractivity contribution is -0.137. The number of ether oxygens (including phenoxy) is 1. The Labute approximate surface area is 250 Å². The molecule has 4 aromatic rings. The monoisotopic (exact) mass is 613 g/mol. The maximum atomic E-state index is 14.1. The highest BCUT2D eigenvalue weighted by Gasteiger charge is 2.31. The van der Waals surface area contributed by atoms with Crippen molar-refractivity contribution in [3.05, 3.63) is 83.6 Å². The second-order valence-corrected chi connectivity index (χ2v) is 9.52. The van der Waals surface area contributed by atoms with E-state index < -0.39 is 23.5 Å². The molecule has 10 nitrogen and oxygen atoms in total. The Hall–Kier alpha value is -4.98. The molecule has 2 heterocycles. The van der Waals surface area contributed by atoms with Crippen LogP contribution >= 0.6 is 0 Å². The summed E-state index contributed by atoms with van der Waals surface area (Å²) in [6.07, 6.45) is -2.45. The van der Waals surface area contributed by atoms with Gasteiger partial charge in [0.1, 0.15) is 11.4 Å². The van der Waals surface area contributed by atoms with Crippen molar-refractivity contribution in [2.24, 2.45) is 0 Å². The molecule has 2 aromatic heterocycles. The first-order valence-corrected chi connectivity index (χ1v) is 13.8. The highest BCUT2D eigenvalue weighted by molar-refractivity contribution is 5.93. The van der Waals surface area contributed by atoms with Crippen LogP contribution in [0.3, 0.4) is 0 Å². The maximum absolute atomic E-state index is 14.1. The minimum Gasteiger partial charge on any atom is -0.508 e. The number of aromatic nitrogens is 3. The molecule has 0 saturated carbocycles. The Morgan fingerprint density at radius 1 is 1.00 bits per heavy atom. The number of pyridine rings is 1. The Kier molecular flexibility index (Phi) is 10.5. The van der Waals surface area contributed by atoms with Crippen molar-refractivity contribution >= 4 is 29.0 Å². The summed E-state index contributed by atoms with van der Waals surface area (Å²) in [5.41, 5.74) is 5.68. The smallest absolute Gasteiger partial charge is 0.416 e. The number of phenolic OH excluding ortho intramolecular Hbond substituents is 1. The van der Waals surface area contributed by atoms with Crippen molar-refractivity contribution in [2.75, 3.05) is 35.8 Å². The van der Waals surface area contributed by atoms with Gasteiger partial charge >= 0.3 is 6.18 Å². The number of rotatable bonds is 13. The summed E-state index contributed by atoms with van der Waals surface area (Å²) in [6, 6.07) is 12.4. The molecule has 0 aliphatic heterocycles. The van der Waals surface area contributed by atoms with E-state index in [9.17, 15) is 27.5 Å². The first-order chi connectivity index (χ1) is 21.1. The molecule has 44 heavy (non-hydrogen) atoms. The van der Waals surface area contributed by atoms with Gasteiger partial charge in [0, 0.05) is 18.8 Å². The SMILES string of the molecule is CCCOCCNc1nc(NNC(=O)c2ccc(Nc3cc(-c4cccc(O)c4)cc(C(F)(F)F)c3)c(CC)n2)ncc1F. The number of alkyl halides is 3. The lowest BCUT2D eigenvalue weighted by Gasteiger charge is -2.16. The summed E-state index contributed by atoms with van der Waals surface area (Å²) in [6.45, 7) is 5.03. The fourth-order valence-electron chi connectivity index (χ4n) is 4.10. The Balaban J connectivity index is 1.48. The van der Waals surface area contributed by atoms with Crippen LogP contribution in [0.2, 0.25) is 0 Å². The van der Waals surface area contributed by atoms with Crippen LogP contribution in [-0.2, 0) is 17.3 Å². The average Bonchev–Trinajstić information content (AvgIpc) is 3.00. The number of phenols is 1. The van der Waals surface area contributed by atoms with Crippen LogP contribution in [-0.4, -0.2) is 45.7 Å². The first kappa shape index (κ1) is 31.9. The highest BCUT2D eigenvalue weighted by Crippen LogP contribution is 2.36. The largest absolute Gasteiger partial charge is 0.508 e. The Bertz CT molecular complexity index is 1600. The zero-order chi connectivity index (χ0) is 31.7. The molecule has 2 aromatic carbocycles. The molecule has 0 aliphatic rings. The predicted octanol–water partition coefficient (Wildman–Crippen LogP) is 6.30. The normalized spacial score (nSPS) is 11.2. The number of hydrazine groups is 1. The van der Waals surface area contributed by atoms with Crippen LogP contribution in [0.15, 0.2) is 60.8 Å². The quantitative estimate of drug-likeness (QED) is 0.0669. The predicted molar refractivity (Wildman–Crippen MR) is 158 cm³/mol. The summed E-state index contributed by atoms with van der Waals surface area (Å²) in [4.78, 5) is 25.0. The number of carbonyl (C=O) groups excluding carboxylic acids is 1. The number of aromatic hydroxyl groups is 1. The molecule has 0 fully saturated rings. The van der Waals surface area contributed by atoms with E-state index in [0.29, 0.717) is 43.1 Å². The van der Waals surface area contributed by atoms with Gasteiger partial charge in [0.15, 0.2) is 11.6 Å². The molecule has 0 atom stereocenters. The Morgan fingerprint density at radius 2 is 1.82 bits per heavy atom. The third kappa shape index (κ3) is 8.53. The molecule has 1 amide bonds. The third-order valence-electron chi connectivity index (χ3n) is 6.18. The van der Waals surface area contributed by atoms with Crippen LogP contribution < -0.4 is 21.5 Å². The van der Waals surface area contributed by atoms with Crippen molar-refractivity contribution in [3.63, 3.8) is 0 Å². The van der Waals surface area contributed by atoms with Gasteiger partial charge in [-0.15, -0.1) is 0 Å². The third-order valence-corrected chi connectivity index (χ3v) is 6.18. The molecule has 0 unspecified atom stereocenters. The second kappa shape index (κ2) is 14.5. The fourth-order valence-corrected chi connectivity index (χ4v) is 4.10. The van der Waals surface area contributed by atoms with Gasteiger partial charge in [0.05, 0.1) is 29.7 Å². The van der Waals surface area contributed by atoms with Gasteiger partial charge in [0.25, 0.3) is 5.91 Å². The zero-order valence-electron chi connectivity index (χ0n) is 23.9. The number of aryl methyl sites for hydroxylation is 1. The van der Waals surface area contributed by atoms with Gasteiger partial charge in [0.2, 0.25) is 5.95 Å². The first-order valence-electron chi connectivity index (χ1n) is 13.8. The van der Waals surface area contributed by atoms with Gasteiger partial charge in [-0.1, -0.05) is 26.0 Å². The van der Waals surface area contributed by atoms with E-state index in [2.05, 4.69) is 36.4 Å². The number of hydrogen-bond donors (Lipinski definition) is 5. The number of nitrogens with zero attached hydrogens (tertiary/aromatic N) is 3. The van der Waals surface area contributed by atoms with Gasteiger partial charge in [-0.3, -0.25) is 15.6 Å². The van der Waals surface area contributed by atoms with Crippen LogP contribution in [0.25, 0.3) is 11.1 Å². The number of hydrogen-bond acceptors (Lipinski definition) is 9. The van der Waals surface area contributed by atoms with E-state index in [1.807, 2.05) is 6.92 Å². The molecular formula is C30H31F4N7O3. The molecule has 4 rings (SSSR count). The molecule has 14 heteroatoms. The summed E-state index contributed by atoms with van der Waals surface area (Å²) >= 11 is 0. The van der Waals surface area contributed by atoms with Crippen molar-refractivity contribution in [1.29, 1.82) is 0 Å². The number of anilines is 4. The molecule has 0 aliphatic carbocycles. The number of amides is 1. The molecule has 0 bridgehead atoms. The number of benzene rings is 2. The number of halogens is 4. The minimum atomic E-state index is -4.61. The number of carbonyl (C=O) groups is 1. The van der Waals surface area contributed by atoms with Crippen LogP contribution in [0.5, 0.6) is 5.75 Å². The zero-order valence-corrected chi connectivity index (χ0v) is 23.9. The summed E-state index contributed by atoms with van der Waals surface area (Å²) in [5.74, 6) is -1.54. The van der Waals surface area contributed by atoms with E-state index in [4.69, 9.17) is 4.74 Å². The standard InChI is InChI=1S/C30H31F4N7O3/c1-3-11-44-12-10-35-27-23(31)17-36-29(39-27)41-40-28(43)26-9-8-25(24(4-2)38-26)37-21-14-19(13-20(16-21)30(32,33)34)18-6-5-7-22(42)15-18/h5-9,13-17,37,42H,3-4,10-12H2,1-2H3,(H,40,43)(H2,35,36,39,41). The van der Waals surface area contributed by atoms with Crippen molar-refractivity contribution < 1.29 is 32.2 Å². The van der Waals surface area contributed by atoms with Gasteiger partial charge < -0.3 is 20.5 Å². The van der Waals surface area contributed by atoms with Gasteiger partial charge in [-0.2, -0.15) is 18.2 Å². The number of nitrogens with one attached hydrogen (secondary N) is 4. The molecule has 0 spiro atoms. The minimum absolute atomic E-state index is 0.0120. The van der Waals surface area contributed by atoms with Crippen LogP contribution in [0, 0.1) is 5.82 Å². The second-order valence-electron chi connectivity index (χ2n) is 9.52. The maximum Gasteiger partial charge on any atom is 0.416 e. The van der Waals surface area contributed by atoms with E-state index in [1.165, 1.54) is 30.3 Å². The van der Waals surface area contributed by atoms with Crippen molar-refractivity contribution in [3.8, 4) is 16.9 Å². The molecular weight excluding hydrogens is 582 g/mol. The van der Waals surface area contributed by atoms with E-state index in [1.54, 1.807) is 19.1 Å². The molecule has 0 radical (unpaired) electrons. The lowest BCUT2D eigenvalue weighted by atomic mass is 10.0. The topological polar surface area (TPSA) is 133 Å². The highest BCUT2D eigenvalue weighted by atomic mass is 19.4. The fraction of sp³-hybridized carbons (Fsp3) is 0.267. The Morgan fingerprint density at radius 3 is 2.55 bits per heavy atom. The summed E-state index contributed by atoms with van der Waals surface area (Å²) in [7, 11) is 0. The van der Waals surface area contributed by atoms with E-state index in [-0.39, 0.29) is 34.5 Å². The van der Waals surface area contributed by atoms with E-state index in [0.717, 1.165) is 24.8 Å². The van der Waals surface area contributed by atoms with Crippen molar-refractivity contribution in [2.45, 2.75) is 32.9 Å². The van der Waals surface area contributed by atoms with Crippen molar-refractivity contribution in [1.82, 2.24) is 20.4 Å². The van der Waals surface area contributed by atoms with Crippen LogP contribution in [0.1, 0.15) is 42.0 Å². The van der Waals surface area contributed by atoms with Gasteiger partial charge in [-0.25, -0.2) is 14.4 Å².